The predicted molar refractivity (Wildman–Crippen MR) is 384 cm³/mol. The number of nitrogens with zero attached hydrogens (tertiary/aromatic N) is 7. The summed E-state index contributed by atoms with van der Waals surface area (Å²) in [5, 5.41) is 8.16. The normalized spacial score (nSPS) is 17.5. The van der Waals surface area contributed by atoms with E-state index in [0.717, 1.165) is 106 Å². The number of hydrogen-bond donors (Lipinski definition) is 3. The molecule has 0 saturated heterocycles. The minimum Gasteiger partial charge on any atom is -0.382 e. The third-order valence-electron chi connectivity index (χ3n) is 16.2. The van der Waals surface area contributed by atoms with Gasteiger partial charge in [-0.2, -0.15) is 0 Å². The van der Waals surface area contributed by atoms with Crippen molar-refractivity contribution >= 4 is 100 Å². The molecule has 7 heterocycles. The Labute approximate surface area is 615 Å². The molecule has 31 heteroatoms. The molecule has 1 saturated carbocycles. The maximum absolute atomic E-state index is 11.7. The minimum atomic E-state index is -0.348. The van der Waals surface area contributed by atoms with E-state index in [1.54, 1.807) is 0 Å². The van der Waals surface area contributed by atoms with Crippen molar-refractivity contribution in [2.45, 2.75) is 151 Å². The zero-order valence-electron chi connectivity index (χ0n) is 62.0. The van der Waals surface area contributed by atoms with Gasteiger partial charge in [-0.05, 0) is 125 Å². The molecule has 17 amide bonds. The van der Waals surface area contributed by atoms with Crippen LogP contribution in [0.1, 0.15) is 151 Å². The average molecular weight is 1470 g/mol. The first-order valence-corrected chi connectivity index (χ1v) is 36.3. The lowest BCUT2D eigenvalue weighted by Gasteiger charge is -2.29. The van der Waals surface area contributed by atoms with Crippen molar-refractivity contribution in [3.63, 3.8) is 0 Å². The van der Waals surface area contributed by atoms with Crippen LogP contribution in [0.4, 0.5) is 0 Å². The Morgan fingerprint density at radius 3 is 0.914 bits per heavy atom. The Bertz CT molecular complexity index is 3040. The van der Waals surface area contributed by atoms with Crippen LogP contribution in [-0.2, 0) is 100 Å². The monoisotopic (exact) mass is 1470 g/mol. The molecular formula is C74H108N10O21. The zero-order chi connectivity index (χ0) is 77.9. The van der Waals surface area contributed by atoms with Gasteiger partial charge in [-0.15, -0.1) is 0 Å². The first kappa shape index (κ1) is 91.5. The Morgan fingerprint density at radius 1 is 0.295 bits per heavy atom. The average Bonchev–Trinajstić information content (AvgIpc) is 1.70. The molecule has 580 valence electrons. The van der Waals surface area contributed by atoms with Crippen molar-refractivity contribution in [3.05, 3.63) is 85.1 Å². The van der Waals surface area contributed by atoms with E-state index in [1.165, 1.54) is 110 Å². The molecular weight excluding hydrogens is 1360 g/mol. The van der Waals surface area contributed by atoms with Crippen LogP contribution >= 0.6 is 0 Å². The van der Waals surface area contributed by atoms with E-state index in [9.17, 15) is 81.5 Å². The largest absolute Gasteiger partial charge is 0.382 e. The number of carbonyl (C=O) groups excluding carboxylic acids is 17. The second-order valence-corrected chi connectivity index (χ2v) is 23.9. The van der Waals surface area contributed by atoms with Gasteiger partial charge in [0.05, 0.1) is 13.2 Å². The second kappa shape index (κ2) is 54.1. The van der Waals surface area contributed by atoms with Crippen LogP contribution in [0.25, 0.3) is 0 Å². The summed E-state index contributed by atoms with van der Waals surface area (Å²) in [5.74, 6) is -2.84. The number of amides is 17. The van der Waals surface area contributed by atoms with E-state index < -0.39 is 0 Å². The van der Waals surface area contributed by atoms with Crippen LogP contribution in [0.2, 0.25) is 0 Å². The Hall–Kier alpha value is -9.59. The smallest absolute Gasteiger partial charge is 0.253 e. The molecule has 105 heavy (non-hydrogen) atoms. The molecule has 0 aromatic rings. The summed E-state index contributed by atoms with van der Waals surface area (Å²) in [7, 11) is 0. The lowest BCUT2D eigenvalue weighted by Crippen LogP contribution is -2.38. The Kier molecular flexibility index (Phi) is 47.1. The van der Waals surface area contributed by atoms with Crippen molar-refractivity contribution in [1.82, 2.24) is 50.2 Å². The summed E-state index contributed by atoms with van der Waals surface area (Å²) in [5.41, 5.74) is 0. The van der Waals surface area contributed by atoms with Crippen molar-refractivity contribution in [2.24, 2.45) is 11.8 Å². The Morgan fingerprint density at radius 2 is 0.562 bits per heavy atom. The molecule has 31 nitrogen and oxygen atoms in total. The summed E-state index contributed by atoms with van der Waals surface area (Å²) in [6.45, 7) is 23.4. The van der Waals surface area contributed by atoms with Crippen LogP contribution < -0.4 is 16.0 Å². The third kappa shape index (κ3) is 36.6. The fraction of sp³-hybridized carbons (Fsp3) is 0.581. The second-order valence-electron chi connectivity index (χ2n) is 23.9. The van der Waals surface area contributed by atoms with E-state index in [1.807, 2.05) is 48.5 Å². The highest BCUT2D eigenvalue weighted by atomic mass is 16.5. The zero-order valence-corrected chi connectivity index (χ0v) is 62.0. The van der Waals surface area contributed by atoms with Crippen LogP contribution in [0.3, 0.4) is 0 Å². The van der Waals surface area contributed by atoms with E-state index in [4.69, 9.17) is 18.9 Å². The number of unbranched alkanes of at least 4 members (excludes halogenated alkanes) is 6. The van der Waals surface area contributed by atoms with Crippen LogP contribution in [0.5, 0.6) is 0 Å². The molecule has 8 rings (SSSR count). The highest BCUT2D eigenvalue weighted by Gasteiger charge is 2.32. The van der Waals surface area contributed by atoms with Gasteiger partial charge in [-0.1, -0.05) is 19.3 Å². The van der Waals surface area contributed by atoms with Crippen LogP contribution in [-0.4, -0.2) is 253 Å². The summed E-state index contributed by atoms with van der Waals surface area (Å²) in [4.78, 5) is 198. The van der Waals surface area contributed by atoms with Gasteiger partial charge in [-0.3, -0.25) is 116 Å². The highest BCUT2D eigenvalue weighted by molar-refractivity contribution is 6.16. The Balaban J connectivity index is 0.000000418. The first-order chi connectivity index (χ1) is 50.4. The summed E-state index contributed by atoms with van der Waals surface area (Å²) in [6.07, 6.45) is 31.0. The molecule has 1 aliphatic carbocycles. The quantitative estimate of drug-likeness (QED) is 0.0589. The molecule has 0 bridgehead atoms. The van der Waals surface area contributed by atoms with Gasteiger partial charge in [0.1, 0.15) is 0 Å². The third-order valence-corrected chi connectivity index (χ3v) is 16.2. The fourth-order valence-electron chi connectivity index (χ4n) is 10.6. The van der Waals surface area contributed by atoms with Gasteiger partial charge in [0.2, 0.25) is 17.7 Å². The van der Waals surface area contributed by atoms with Gasteiger partial charge < -0.3 is 34.9 Å². The van der Waals surface area contributed by atoms with E-state index >= 15 is 0 Å². The molecule has 7 aliphatic heterocycles. The summed E-state index contributed by atoms with van der Waals surface area (Å²) < 4.78 is 20.5. The predicted octanol–water partition coefficient (Wildman–Crippen LogP) is 3.42. The standard InChI is InChI=1S/C14H20N2O3.C12H18N2O3.C12H19NO3.C10H15NO3.C9H12N2O3.C9H13NO3.C8H11NO3/c1-2-15-14(19)11-5-3-10(4-6-11)9-16-12(17)7-8-13(16)18;1-2-13-10(15)6-4-3-5-9-14-11(16)7-8-12(14)17;1-2-16-10-6-4-3-5-9-13-11(14)7-8-12(13)15;1-2-14-8-4-3-7-11-9(12)5-6-10(11)13;1-2-10-7(12)5-6-11-8(13)3-4-9(11)14;1-2-13-7-3-6-10-8(11)4-5-9(10)12;1-2-12-6-5-9-7(10)3-4-8(9)11/h7-8,10-11H,2-6,9H2,1H3,(H,15,19);7-8H,2-6,9H2,1H3,(H,13,15);7-8H,2-6,9-10H2,1H3;5-6H,2-4,7-8H2,1H3;3-4H,2,5-6H2,1H3,(H,10,12);4-5H,2-3,6-7H2,1H3;3-4H,2,5-6H2,1H3. The summed E-state index contributed by atoms with van der Waals surface area (Å²) >= 11 is 0. The maximum Gasteiger partial charge on any atom is 0.253 e. The maximum atomic E-state index is 11.7. The van der Waals surface area contributed by atoms with Crippen molar-refractivity contribution in [3.8, 4) is 0 Å². The number of rotatable bonds is 38. The van der Waals surface area contributed by atoms with E-state index in [2.05, 4.69) is 16.0 Å². The molecule has 1 fully saturated rings. The molecule has 8 aliphatic rings. The number of ether oxygens (including phenoxy) is 4. The number of hydrogen-bond acceptors (Lipinski definition) is 21. The van der Waals surface area contributed by atoms with Gasteiger partial charge >= 0.3 is 0 Å². The van der Waals surface area contributed by atoms with Crippen LogP contribution in [0, 0.1) is 11.8 Å². The van der Waals surface area contributed by atoms with Crippen molar-refractivity contribution in [2.75, 3.05) is 118 Å². The fourth-order valence-corrected chi connectivity index (χ4v) is 10.6. The first-order valence-electron chi connectivity index (χ1n) is 36.3. The molecule has 0 unspecified atom stereocenters. The lowest BCUT2D eigenvalue weighted by atomic mass is 9.81. The van der Waals surface area contributed by atoms with Crippen molar-refractivity contribution in [1.29, 1.82) is 0 Å². The van der Waals surface area contributed by atoms with Gasteiger partial charge in [0.15, 0.2) is 0 Å². The molecule has 0 aromatic carbocycles. The van der Waals surface area contributed by atoms with Crippen molar-refractivity contribution < 1.29 is 100 Å². The van der Waals surface area contributed by atoms with Gasteiger partial charge in [0.25, 0.3) is 82.7 Å². The van der Waals surface area contributed by atoms with E-state index in [0.29, 0.717) is 117 Å². The van der Waals surface area contributed by atoms with Gasteiger partial charge in [0, 0.05) is 209 Å². The SMILES string of the molecule is CCNC(=O)C1CCC(CN2C(=O)C=CC2=O)CC1.CCNC(=O)CCCCCN1C(=O)C=CC1=O.CCNC(=O)CCN1C(=O)C=CC1=O.CCOCCCCCCN1C(=O)C=CC1=O.CCOCCCCN1C(=O)C=CC1=O.CCOCCCN1C(=O)C=CC1=O.CCOCCN1C(=O)C=CC1=O. The van der Waals surface area contributed by atoms with E-state index in [-0.39, 0.29) is 119 Å². The molecule has 0 spiro atoms. The molecule has 0 atom stereocenters. The number of imide groups is 7. The summed E-state index contributed by atoms with van der Waals surface area (Å²) in [6, 6.07) is 0. The highest BCUT2D eigenvalue weighted by Crippen LogP contribution is 2.30. The topological polar surface area (TPSA) is 386 Å². The van der Waals surface area contributed by atoms with Crippen LogP contribution in [0.15, 0.2) is 85.1 Å². The molecule has 0 aromatic heterocycles. The molecule has 0 radical (unpaired) electrons. The number of nitrogens with one attached hydrogen (secondary N) is 3. The molecule has 3 N–H and O–H groups in total. The lowest BCUT2D eigenvalue weighted by molar-refractivity contribution is -0.139. The minimum absolute atomic E-state index is 0.0579. The number of carbonyl (C=O) groups is 17. The van der Waals surface area contributed by atoms with Gasteiger partial charge in [-0.25, -0.2) is 0 Å².